The highest BCUT2D eigenvalue weighted by Gasteiger charge is 2.25. The van der Waals surface area contributed by atoms with Gasteiger partial charge in [0.05, 0.1) is 29.0 Å². The van der Waals surface area contributed by atoms with E-state index in [0.29, 0.717) is 41.5 Å². The van der Waals surface area contributed by atoms with E-state index in [0.717, 1.165) is 11.3 Å². The van der Waals surface area contributed by atoms with Crippen LogP contribution < -0.4 is 9.47 Å². The second-order valence-corrected chi connectivity index (χ2v) is 8.27. The van der Waals surface area contributed by atoms with Gasteiger partial charge in [-0.25, -0.2) is 4.39 Å². The van der Waals surface area contributed by atoms with E-state index in [1.165, 1.54) is 12.1 Å². The Morgan fingerprint density at radius 2 is 2.00 bits per heavy atom. The number of nitrogens with zero attached hydrogens (tertiary/aromatic N) is 4. The fourth-order valence-corrected chi connectivity index (χ4v) is 3.85. The lowest BCUT2D eigenvalue weighted by molar-refractivity contribution is 0.0742. The first kappa shape index (κ1) is 21.9. The van der Waals surface area contributed by atoms with Crippen molar-refractivity contribution in [3.8, 4) is 28.5 Å². The van der Waals surface area contributed by atoms with Crippen LogP contribution >= 0.6 is 11.6 Å². The van der Waals surface area contributed by atoms with Crippen LogP contribution in [0.15, 0.2) is 67.1 Å². The first-order valence-electron chi connectivity index (χ1n) is 10.6. The highest BCUT2D eigenvalue weighted by molar-refractivity contribution is 6.30. The number of fused-ring (bicyclic) bond motifs is 1. The number of amides is 1. The summed E-state index contributed by atoms with van der Waals surface area (Å²) in [4.78, 5) is 19.3. The summed E-state index contributed by atoms with van der Waals surface area (Å²) in [6, 6.07) is 13.2. The minimum Gasteiger partial charge on any atom is -0.491 e. The van der Waals surface area contributed by atoms with Crippen molar-refractivity contribution >= 4 is 17.5 Å². The molecule has 0 unspecified atom stereocenters. The Balaban J connectivity index is 1.38. The van der Waals surface area contributed by atoms with E-state index in [1.54, 1.807) is 52.3 Å². The van der Waals surface area contributed by atoms with Crippen molar-refractivity contribution in [2.24, 2.45) is 7.05 Å². The number of carbonyl (C=O) groups is 1. The number of benzene rings is 2. The molecule has 2 aromatic heterocycles. The Morgan fingerprint density at radius 3 is 2.79 bits per heavy atom. The monoisotopic (exact) mass is 478 g/mol. The molecule has 0 aliphatic carbocycles. The molecule has 172 valence electrons. The zero-order chi connectivity index (χ0) is 23.7. The molecule has 1 amide bonds. The first-order chi connectivity index (χ1) is 16.5. The van der Waals surface area contributed by atoms with Crippen molar-refractivity contribution in [3.05, 3.63) is 89.1 Å². The lowest BCUT2D eigenvalue weighted by atomic mass is 10.1. The predicted octanol–water partition coefficient (Wildman–Crippen LogP) is 5.10. The van der Waals surface area contributed by atoms with Crippen LogP contribution in [0.1, 0.15) is 15.9 Å². The number of pyridine rings is 1. The van der Waals surface area contributed by atoms with Gasteiger partial charge >= 0.3 is 0 Å². The van der Waals surface area contributed by atoms with Gasteiger partial charge in [-0.1, -0.05) is 17.7 Å². The van der Waals surface area contributed by atoms with E-state index < -0.39 is 5.82 Å². The molecule has 34 heavy (non-hydrogen) atoms. The van der Waals surface area contributed by atoms with Gasteiger partial charge in [0.2, 0.25) is 0 Å². The van der Waals surface area contributed by atoms with Crippen LogP contribution in [0.3, 0.4) is 0 Å². The van der Waals surface area contributed by atoms with Crippen molar-refractivity contribution in [3.63, 3.8) is 0 Å². The number of aryl methyl sites for hydroxylation is 1. The van der Waals surface area contributed by atoms with Crippen LogP contribution in [0.2, 0.25) is 5.02 Å². The minimum atomic E-state index is -0.517. The van der Waals surface area contributed by atoms with Gasteiger partial charge in [0.25, 0.3) is 5.91 Å². The van der Waals surface area contributed by atoms with E-state index in [1.807, 2.05) is 19.3 Å². The average Bonchev–Trinajstić information content (AvgIpc) is 3.21. The molecule has 0 atom stereocenters. The largest absolute Gasteiger partial charge is 0.491 e. The van der Waals surface area contributed by atoms with Gasteiger partial charge in [-0.15, -0.1) is 0 Å². The van der Waals surface area contributed by atoms with Crippen LogP contribution in [-0.4, -0.2) is 38.7 Å². The molecule has 4 aromatic rings. The van der Waals surface area contributed by atoms with Gasteiger partial charge in [-0.3, -0.25) is 14.5 Å². The third-order valence-corrected chi connectivity index (χ3v) is 5.72. The van der Waals surface area contributed by atoms with Crippen LogP contribution in [0.25, 0.3) is 11.3 Å². The number of rotatable bonds is 5. The van der Waals surface area contributed by atoms with Crippen molar-refractivity contribution in [1.82, 2.24) is 19.7 Å². The fraction of sp³-hybridized carbons (Fsp3) is 0.160. The summed E-state index contributed by atoms with van der Waals surface area (Å²) >= 11 is 5.78. The van der Waals surface area contributed by atoms with E-state index >= 15 is 0 Å². The lowest BCUT2D eigenvalue weighted by Crippen LogP contribution is -2.31. The van der Waals surface area contributed by atoms with Crippen LogP contribution in [0.4, 0.5) is 4.39 Å². The highest BCUT2D eigenvalue weighted by atomic mass is 35.5. The van der Waals surface area contributed by atoms with Gasteiger partial charge in [-0.05, 0) is 42.0 Å². The summed E-state index contributed by atoms with van der Waals surface area (Å²) < 4.78 is 27.4. The second-order valence-electron chi connectivity index (χ2n) is 7.86. The highest BCUT2D eigenvalue weighted by Crippen LogP contribution is 2.32. The number of aromatic nitrogens is 3. The maximum absolute atomic E-state index is 13.9. The Kier molecular flexibility index (Phi) is 5.90. The first-order valence-corrected chi connectivity index (χ1v) is 11.0. The van der Waals surface area contributed by atoms with Crippen LogP contribution in [0, 0.1) is 5.82 Å². The molecule has 0 bridgehead atoms. The molecule has 0 spiro atoms. The molecular weight excluding hydrogens is 459 g/mol. The van der Waals surface area contributed by atoms with Crippen molar-refractivity contribution in [2.45, 2.75) is 6.54 Å². The second kappa shape index (κ2) is 9.15. The normalized spacial score (nSPS) is 13.3. The van der Waals surface area contributed by atoms with Crippen LogP contribution in [-0.2, 0) is 13.6 Å². The summed E-state index contributed by atoms with van der Waals surface area (Å²) in [5, 5.41) is 4.22. The Labute approximate surface area is 200 Å². The zero-order valence-electron chi connectivity index (χ0n) is 18.2. The fourth-order valence-electron chi connectivity index (χ4n) is 3.73. The molecule has 1 aliphatic rings. The molecule has 5 rings (SSSR count). The molecule has 0 fully saturated rings. The van der Waals surface area contributed by atoms with Crippen molar-refractivity contribution < 1.29 is 18.7 Å². The third-order valence-electron chi connectivity index (χ3n) is 5.41. The Morgan fingerprint density at radius 1 is 1.15 bits per heavy atom. The molecule has 0 N–H and O–H groups in total. The summed E-state index contributed by atoms with van der Waals surface area (Å²) in [5.41, 5.74) is 2.62. The van der Waals surface area contributed by atoms with Gasteiger partial charge < -0.3 is 14.4 Å². The zero-order valence-corrected chi connectivity index (χ0v) is 19.0. The van der Waals surface area contributed by atoms with Gasteiger partial charge in [0, 0.05) is 37.6 Å². The number of hydrogen-bond donors (Lipinski definition) is 0. The summed E-state index contributed by atoms with van der Waals surface area (Å²) in [5.74, 6) is 0.798. The Bertz CT molecular complexity index is 1370. The summed E-state index contributed by atoms with van der Waals surface area (Å²) in [6.07, 6.45) is 5.25. The maximum Gasteiger partial charge on any atom is 0.258 e. The van der Waals surface area contributed by atoms with Gasteiger partial charge in [0.1, 0.15) is 29.7 Å². The smallest absolute Gasteiger partial charge is 0.258 e. The number of halogens is 2. The number of ether oxygens (including phenoxy) is 2. The molecule has 9 heteroatoms. The van der Waals surface area contributed by atoms with Crippen LogP contribution in [0.5, 0.6) is 17.2 Å². The molecule has 0 saturated heterocycles. The SMILES string of the molecule is Cn1cc(-c2cc(Oc3ccc4c(c3)C(=O)N(Cc3ccc(Cl)c(F)c3)CCO4)ccn2)cn1. The predicted molar refractivity (Wildman–Crippen MR) is 125 cm³/mol. The van der Waals surface area contributed by atoms with Gasteiger partial charge in [0.15, 0.2) is 0 Å². The van der Waals surface area contributed by atoms with Crippen molar-refractivity contribution in [2.75, 3.05) is 13.2 Å². The summed E-state index contributed by atoms with van der Waals surface area (Å²) in [7, 11) is 1.84. The van der Waals surface area contributed by atoms with E-state index in [9.17, 15) is 9.18 Å². The van der Waals surface area contributed by atoms with E-state index in [4.69, 9.17) is 21.1 Å². The summed E-state index contributed by atoms with van der Waals surface area (Å²) in [6.45, 7) is 0.931. The van der Waals surface area contributed by atoms with E-state index in [2.05, 4.69) is 10.1 Å². The van der Waals surface area contributed by atoms with Crippen molar-refractivity contribution in [1.29, 1.82) is 0 Å². The molecule has 2 aromatic carbocycles. The number of hydrogen-bond acceptors (Lipinski definition) is 5. The lowest BCUT2D eigenvalue weighted by Gasteiger charge is -2.20. The van der Waals surface area contributed by atoms with Gasteiger partial charge in [-0.2, -0.15) is 5.10 Å². The molecule has 7 nitrogen and oxygen atoms in total. The topological polar surface area (TPSA) is 69.5 Å². The minimum absolute atomic E-state index is 0.0456. The Hall–Kier alpha value is -3.91. The molecule has 3 heterocycles. The third kappa shape index (κ3) is 4.58. The molecule has 0 radical (unpaired) electrons. The number of carbonyl (C=O) groups excluding carboxylic acids is 1. The van der Waals surface area contributed by atoms with E-state index in [-0.39, 0.29) is 17.5 Å². The molecular formula is C25H20ClFN4O3. The average molecular weight is 479 g/mol. The quantitative estimate of drug-likeness (QED) is 0.399. The molecule has 1 aliphatic heterocycles. The molecule has 0 saturated carbocycles. The standard InChI is InChI=1S/C25H20ClFN4O3/c1-30-15-17(13-29-30)23-12-19(6-7-28-23)34-18-3-5-24-20(11-18)25(32)31(8-9-33-24)14-16-2-4-21(26)22(27)10-16/h2-7,10-13,15H,8-9,14H2,1H3. The maximum atomic E-state index is 13.9.